The van der Waals surface area contributed by atoms with Crippen molar-refractivity contribution in [1.82, 2.24) is 35.6 Å². The number of benzene rings is 2. The second-order valence-electron chi connectivity index (χ2n) is 16.5. The molecule has 0 spiro atoms. The minimum atomic E-state index is -0.901. The number of rotatable bonds is 7. The molecule has 0 aliphatic carbocycles. The molecule has 3 aliphatic rings. The van der Waals surface area contributed by atoms with Crippen molar-refractivity contribution in [3.63, 3.8) is 0 Å². The van der Waals surface area contributed by atoms with Crippen LogP contribution in [-0.2, 0) is 43.2 Å². The van der Waals surface area contributed by atoms with Crippen LogP contribution in [0.4, 0.5) is 0 Å². The highest BCUT2D eigenvalue weighted by molar-refractivity contribution is 7.10. The predicted molar refractivity (Wildman–Crippen MR) is 225 cm³/mol. The lowest BCUT2D eigenvalue weighted by molar-refractivity contribution is -0.155. The Kier molecular flexibility index (Phi) is 11.5. The lowest BCUT2D eigenvalue weighted by atomic mass is 9.84. The summed E-state index contributed by atoms with van der Waals surface area (Å²) in [7, 11) is 1.70. The third-order valence-corrected chi connectivity index (χ3v) is 12.7. The molecule has 304 valence electrons. The molecule has 0 saturated carbocycles. The largest absolute Gasteiger partial charge is 0.464 e. The number of cyclic esters (lactones) is 1. The first-order valence-corrected chi connectivity index (χ1v) is 21.3. The molecule has 3 N–H and O–H groups in total. The Bertz CT molecular complexity index is 2300. The van der Waals surface area contributed by atoms with Gasteiger partial charge in [0, 0.05) is 71.7 Å². The normalized spacial score (nSPS) is 23.0. The van der Waals surface area contributed by atoms with Crippen LogP contribution in [0, 0.1) is 11.3 Å². The SMILES string of the molecule is CCn1c(-c2cccnc2[C@H](C)OC)c2c3cc(ccc31)-c1csc(n1)C[C@H](NC(=O)[C@H]1CCN[C@@H]1c1ccccc1)C(=O)N1CCC[C@H](N1)C(=O)OCC(C)(C)C2. The fourth-order valence-corrected chi connectivity index (χ4v) is 9.69. The number of carbonyl (C=O) groups is 3. The first-order chi connectivity index (χ1) is 28.0. The number of methoxy groups -OCH3 is 1. The zero-order chi connectivity index (χ0) is 40.6. The standard InChI is InChI=1S/C45H53N7O5S/c1-6-51-37-17-16-29-22-32(37)33(41(51)30-14-10-19-46-39(30)27(2)56-5)24-45(3,4)26-57-44(55)34-15-11-21-52(50-34)43(54)35(23-38-48-36(29)25-58-38)49-42(53)31-18-20-47-40(31)28-12-8-7-9-13-28/h7-10,12-14,16-17,19,22,25,27,31,34-35,40,47,50H,6,11,15,18,20-21,23-24,26H2,1-5H3,(H,49,53)/t27-,31-,34-,35-,40+/m0/s1. The van der Waals surface area contributed by atoms with Gasteiger partial charge in [0.05, 0.1) is 40.7 Å². The van der Waals surface area contributed by atoms with E-state index < -0.39 is 23.5 Å². The monoisotopic (exact) mass is 803 g/mol. The number of esters is 1. The first-order valence-electron chi connectivity index (χ1n) is 20.5. The minimum absolute atomic E-state index is 0.158. The van der Waals surface area contributed by atoms with Crippen molar-refractivity contribution in [3.05, 3.63) is 94.1 Å². The molecule has 6 bridgehead atoms. The summed E-state index contributed by atoms with van der Waals surface area (Å²) in [6.45, 7) is 10.4. The Balaban J connectivity index is 1.20. The van der Waals surface area contributed by atoms with Gasteiger partial charge in [0.1, 0.15) is 12.1 Å². The van der Waals surface area contributed by atoms with Gasteiger partial charge in [0.2, 0.25) is 5.91 Å². The number of nitrogens with zero attached hydrogens (tertiary/aromatic N) is 4. The zero-order valence-electron chi connectivity index (χ0n) is 33.9. The Morgan fingerprint density at radius 2 is 1.95 bits per heavy atom. The fourth-order valence-electron chi connectivity index (χ4n) is 8.84. The number of aryl methyl sites for hydroxylation is 1. The summed E-state index contributed by atoms with van der Waals surface area (Å²) in [6.07, 6.45) is 4.19. The van der Waals surface area contributed by atoms with Crippen LogP contribution in [0.15, 0.2) is 72.2 Å². The predicted octanol–water partition coefficient (Wildman–Crippen LogP) is 6.55. The van der Waals surface area contributed by atoms with Crippen LogP contribution >= 0.6 is 11.3 Å². The molecule has 2 saturated heterocycles. The number of thiazole rings is 1. The molecule has 2 aromatic carbocycles. The van der Waals surface area contributed by atoms with Gasteiger partial charge in [-0.15, -0.1) is 11.3 Å². The number of aromatic nitrogens is 3. The van der Waals surface area contributed by atoms with E-state index in [-0.39, 0.29) is 42.9 Å². The van der Waals surface area contributed by atoms with Crippen molar-refractivity contribution in [2.45, 2.75) is 90.6 Å². The van der Waals surface area contributed by atoms with Gasteiger partial charge in [-0.2, -0.15) is 0 Å². The summed E-state index contributed by atoms with van der Waals surface area (Å²) < 4.78 is 14.2. The summed E-state index contributed by atoms with van der Waals surface area (Å²) in [4.78, 5) is 52.2. The maximum atomic E-state index is 14.4. The maximum Gasteiger partial charge on any atom is 0.324 e. The van der Waals surface area contributed by atoms with Gasteiger partial charge < -0.3 is 24.7 Å². The van der Waals surface area contributed by atoms with Gasteiger partial charge in [-0.1, -0.05) is 50.2 Å². The quantitative estimate of drug-likeness (QED) is 0.156. The number of carbonyl (C=O) groups excluding carboxylic acids is 3. The molecular formula is C45H53N7O5S. The van der Waals surface area contributed by atoms with Gasteiger partial charge in [-0.3, -0.25) is 24.4 Å². The second-order valence-corrected chi connectivity index (χ2v) is 17.5. The zero-order valence-corrected chi connectivity index (χ0v) is 34.7. The number of fused-ring (bicyclic) bond motifs is 6. The molecule has 3 aromatic heterocycles. The van der Waals surface area contributed by atoms with Crippen LogP contribution < -0.4 is 16.1 Å². The lowest BCUT2D eigenvalue weighted by Crippen LogP contribution is -2.60. The molecule has 2 fully saturated rings. The van der Waals surface area contributed by atoms with Crippen LogP contribution in [0.3, 0.4) is 0 Å². The van der Waals surface area contributed by atoms with E-state index in [4.69, 9.17) is 19.4 Å². The molecule has 3 aliphatic heterocycles. The van der Waals surface area contributed by atoms with Crippen molar-refractivity contribution in [2.75, 3.05) is 26.8 Å². The molecule has 0 radical (unpaired) electrons. The van der Waals surface area contributed by atoms with E-state index in [1.807, 2.05) is 48.7 Å². The first kappa shape index (κ1) is 39.9. The Morgan fingerprint density at radius 1 is 1.12 bits per heavy atom. The van der Waals surface area contributed by atoms with Gasteiger partial charge >= 0.3 is 5.97 Å². The second kappa shape index (κ2) is 16.7. The fraction of sp³-hybridized carbons (Fsp3) is 0.444. The van der Waals surface area contributed by atoms with Gasteiger partial charge in [-0.05, 0) is 81.5 Å². The van der Waals surface area contributed by atoms with E-state index >= 15 is 0 Å². The van der Waals surface area contributed by atoms with E-state index in [1.54, 1.807) is 13.3 Å². The van der Waals surface area contributed by atoms with Crippen LogP contribution in [0.1, 0.15) is 80.9 Å². The molecule has 58 heavy (non-hydrogen) atoms. The van der Waals surface area contributed by atoms with Crippen molar-refractivity contribution in [1.29, 1.82) is 0 Å². The van der Waals surface area contributed by atoms with Gasteiger partial charge in [-0.25, -0.2) is 10.4 Å². The van der Waals surface area contributed by atoms with Crippen molar-refractivity contribution < 1.29 is 23.9 Å². The highest BCUT2D eigenvalue weighted by Gasteiger charge is 2.39. The van der Waals surface area contributed by atoms with E-state index in [9.17, 15) is 14.4 Å². The Morgan fingerprint density at radius 3 is 2.74 bits per heavy atom. The van der Waals surface area contributed by atoms with Crippen LogP contribution in [-0.4, -0.2) is 76.2 Å². The number of amides is 2. The molecule has 5 aromatic rings. The number of nitrogens with one attached hydrogen (secondary N) is 3. The smallest absolute Gasteiger partial charge is 0.324 e. The molecule has 8 rings (SSSR count). The average molecular weight is 804 g/mol. The summed E-state index contributed by atoms with van der Waals surface area (Å²) in [5.74, 6) is -1.24. The average Bonchev–Trinajstić information content (AvgIpc) is 4.00. The summed E-state index contributed by atoms with van der Waals surface area (Å²) in [5, 5.41) is 12.0. The van der Waals surface area contributed by atoms with E-state index in [0.29, 0.717) is 38.8 Å². The third kappa shape index (κ3) is 7.92. The minimum Gasteiger partial charge on any atom is -0.464 e. The summed E-state index contributed by atoms with van der Waals surface area (Å²) in [6, 6.07) is 18.7. The third-order valence-electron chi connectivity index (χ3n) is 11.9. The van der Waals surface area contributed by atoms with Gasteiger partial charge in [0.25, 0.3) is 5.91 Å². The number of hydrogen-bond acceptors (Lipinski definition) is 10. The molecule has 12 nitrogen and oxygen atoms in total. The van der Waals surface area contributed by atoms with Crippen molar-refractivity contribution in [3.8, 4) is 22.5 Å². The van der Waals surface area contributed by atoms with Crippen LogP contribution in [0.2, 0.25) is 0 Å². The number of pyridine rings is 1. The molecule has 6 heterocycles. The van der Waals surface area contributed by atoms with E-state index in [1.165, 1.54) is 16.3 Å². The number of hydrogen-bond donors (Lipinski definition) is 3. The van der Waals surface area contributed by atoms with Crippen molar-refractivity contribution in [2.24, 2.45) is 11.3 Å². The van der Waals surface area contributed by atoms with E-state index in [0.717, 1.165) is 61.8 Å². The summed E-state index contributed by atoms with van der Waals surface area (Å²) in [5.41, 5.74) is 10.7. The molecule has 2 amide bonds. The number of hydrazine groups is 1. The molecular weight excluding hydrogens is 751 g/mol. The van der Waals surface area contributed by atoms with E-state index in [2.05, 4.69) is 65.7 Å². The lowest BCUT2D eigenvalue weighted by Gasteiger charge is -2.35. The Hall–Kier alpha value is -4.95. The topological polar surface area (TPSA) is 140 Å². The summed E-state index contributed by atoms with van der Waals surface area (Å²) >= 11 is 1.48. The Labute approximate surface area is 343 Å². The number of ether oxygens (including phenoxy) is 2. The van der Waals surface area contributed by atoms with Crippen LogP contribution in [0.25, 0.3) is 33.4 Å². The molecule has 0 unspecified atom stereocenters. The maximum absolute atomic E-state index is 14.4. The van der Waals surface area contributed by atoms with Crippen molar-refractivity contribution >= 4 is 40.0 Å². The molecule has 13 heteroatoms. The highest BCUT2D eigenvalue weighted by atomic mass is 32.1. The van der Waals surface area contributed by atoms with Crippen LogP contribution in [0.5, 0.6) is 0 Å². The highest BCUT2D eigenvalue weighted by Crippen LogP contribution is 2.42. The molecule has 5 atom stereocenters. The van der Waals surface area contributed by atoms with Gasteiger partial charge in [0.15, 0.2) is 0 Å².